The molecule has 0 aliphatic carbocycles. The number of hydrogen-bond donors (Lipinski definition) is 1. The third-order valence-corrected chi connectivity index (χ3v) is 4.04. The number of benzene rings is 2. The van der Waals surface area contributed by atoms with E-state index >= 15 is 0 Å². The van der Waals surface area contributed by atoms with Crippen molar-refractivity contribution in [2.75, 3.05) is 20.6 Å². The van der Waals surface area contributed by atoms with E-state index in [9.17, 15) is 4.79 Å². The van der Waals surface area contributed by atoms with Gasteiger partial charge in [-0.05, 0) is 48.5 Å². The Morgan fingerprint density at radius 3 is 2.75 bits per heavy atom. The van der Waals surface area contributed by atoms with E-state index in [0.717, 1.165) is 40.1 Å². The number of ether oxygens (including phenoxy) is 1. The standard InChI is InChI=1S/C20H21NO3/c1-21(2)10-9-17-16-6-4-3-5-15(16)13-24-19-8-7-14(11-18(17)19)12-20(22)23/h3-9,11H,10,12-13H2,1-2H3,(H,22,23)/b17-9+. The maximum absolute atomic E-state index is 11.0. The summed E-state index contributed by atoms with van der Waals surface area (Å²) < 4.78 is 5.97. The first-order valence-electron chi connectivity index (χ1n) is 7.95. The van der Waals surface area contributed by atoms with Crippen LogP contribution in [-0.2, 0) is 17.8 Å². The van der Waals surface area contributed by atoms with Crippen LogP contribution < -0.4 is 4.74 Å². The first-order valence-corrected chi connectivity index (χ1v) is 7.95. The lowest BCUT2D eigenvalue weighted by Crippen LogP contribution is -2.11. The number of hydrogen-bond acceptors (Lipinski definition) is 3. The molecule has 4 heteroatoms. The maximum atomic E-state index is 11.0. The van der Waals surface area contributed by atoms with Crippen LogP contribution in [0.25, 0.3) is 5.57 Å². The van der Waals surface area contributed by atoms with Gasteiger partial charge in [0, 0.05) is 12.1 Å². The van der Waals surface area contributed by atoms with Gasteiger partial charge in [0.1, 0.15) is 12.4 Å². The summed E-state index contributed by atoms with van der Waals surface area (Å²) in [6.07, 6.45) is 2.19. The minimum Gasteiger partial charge on any atom is -0.488 e. The highest BCUT2D eigenvalue weighted by Crippen LogP contribution is 2.37. The molecule has 24 heavy (non-hydrogen) atoms. The number of carboxylic acids is 1. The SMILES string of the molecule is CN(C)C/C=C1\c2ccccc2COc2ccc(CC(=O)O)cc21. The Balaban J connectivity index is 2.14. The fourth-order valence-electron chi connectivity index (χ4n) is 2.90. The fraction of sp³-hybridized carbons (Fsp3) is 0.250. The van der Waals surface area contributed by atoms with Crippen molar-refractivity contribution in [2.24, 2.45) is 0 Å². The number of nitrogens with zero attached hydrogens (tertiary/aromatic N) is 1. The molecule has 0 amide bonds. The molecule has 0 spiro atoms. The highest BCUT2D eigenvalue weighted by molar-refractivity contribution is 5.85. The molecule has 4 nitrogen and oxygen atoms in total. The second-order valence-electron chi connectivity index (χ2n) is 6.23. The summed E-state index contributed by atoms with van der Waals surface area (Å²) in [6, 6.07) is 13.8. The van der Waals surface area contributed by atoms with Gasteiger partial charge in [-0.3, -0.25) is 4.79 Å². The number of fused-ring (bicyclic) bond motifs is 2. The highest BCUT2D eigenvalue weighted by atomic mass is 16.5. The van der Waals surface area contributed by atoms with Crippen LogP contribution in [0.4, 0.5) is 0 Å². The zero-order valence-electron chi connectivity index (χ0n) is 14.0. The Morgan fingerprint density at radius 2 is 2.00 bits per heavy atom. The van der Waals surface area contributed by atoms with Crippen LogP contribution in [0.15, 0.2) is 48.5 Å². The van der Waals surface area contributed by atoms with Crippen LogP contribution in [0.3, 0.4) is 0 Å². The Labute approximate surface area is 142 Å². The second-order valence-corrected chi connectivity index (χ2v) is 6.23. The molecular weight excluding hydrogens is 302 g/mol. The molecule has 0 bridgehead atoms. The predicted molar refractivity (Wildman–Crippen MR) is 94.2 cm³/mol. The molecule has 124 valence electrons. The number of carboxylic acid groups (broad SMARTS) is 1. The number of rotatable bonds is 4. The molecule has 2 aromatic carbocycles. The van der Waals surface area contributed by atoms with Crippen molar-refractivity contribution in [3.05, 3.63) is 70.8 Å². The van der Waals surface area contributed by atoms with E-state index in [1.807, 2.05) is 44.4 Å². The third kappa shape index (κ3) is 3.49. The molecule has 0 radical (unpaired) electrons. The summed E-state index contributed by atoms with van der Waals surface area (Å²) in [6.45, 7) is 1.31. The van der Waals surface area contributed by atoms with Crippen LogP contribution in [0, 0.1) is 0 Å². The first kappa shape index (κ1) is 16.3. The molecule has 0 aromatic heterocycles. The summed E-state index contributed by atoms with van der Waals surface area (Å²) in [5.74, 6) is -0.0333. The van der Waals surface area contributed by atoms with Crippen LogP contribution in [0.5, 0.6) is 5.75 Å². The van der Waals surface area contributed by atoms with E-state index in [4.69, 9.17) is 9.84 Å². The van der Waals surface area contributed by atoms with Crippen molar-refractivity contribution in [2.45, 2.75) is 13.0 Å². The Morgan fingerprint density at radius 1 is 1.21 bits per heavy atom. The lowest BCUT2D eigenvalue weighted by Gasteiger charge is -2.13. The zero-order chi connectivity index (χ0) is 17.1. The van der Waals surface area contributed by atoms with Gasteiger partial charge in [0.25, 0.3) is 0 Å². The topological polar surface area (TPSA) is 49.8 Å². The monoisotopic (exact) mass is 323 g/mol. The molecule has 1 heterocycles. The van der Waals surface area contributed by atoms with Crippen LogP contribution in [0.2, 0.25) is 0 Å². The van der Waals surface area contributed by atoms with E-state index in [-0.39, 0.29) is 6.42 Å². The maximum Gasteiger partial charge on any atom is 0.307 e. The van der Waals surface area contributed by atoms with Gasteiger partial charge in [-0.15, -0.1) is 0 Å². The second kappa shape index (κ2) is 6.89. The summed E-state index contributed by atoms with van der Waals surface area (Å²) >= 11 is 0. The van der Waals surface area contributed by atoms with E-state index in [2.05, 4.69) is 23.1 Å². The molecule has 0 unspecified atom stereocenters. The van der Waals surface area contributed by atoms with Crippen molar-refractivity contribution in [3.8, 4) is 5.75 Å². The summed E-state index contributed by atoms with van der Waals surface area (Å²) in [5.41, 5.74) is 5.11. The Kier molecular flexibility index (Phi) is 4.67. The van der Waals surface area contributed by atoms with Crippen molar-refractivity contribution in [1.82, 2.24) is 4.90 Å². The van der Waals surface area contributed by atoms with E-state index in [1.165, 1.54) is 0 Å². The average Bonchev–Trinajstić information content (AvgIpc) is 2.69. The quantitative estimate of drug-likeness (QED) is 0.939. The summed E-state index contributed by atoms with van der Waals surface area (Å²) in [4.78, 5) is 13.1. The van der Waals surface area contributed by atoms with Crippen molar-refractivity contribution < 1.29 is 14.6 Å². The Bertz CT molecular complexity index is 793. The Hall–Kier alpha value is -2.59. The normalized spacial score (nSPS) is 14.7. The van der Waals surface area contributed by atoms with Crippen molar-refractivity contribution in [1.29, 1.82) is 0 Å². The first-order chi connectivity index (χ1) is 11.5. The van der Waals surface area contributed by atoms with Gasteiger partial charge in [0.15, 0.2) is 0 Å². The third-order valence-electron chi connectivity index (χ3n) is 4.04. The molecule has 1 aliphatic rings. The van der Waals surface area contributed by atoms with Gasteiger partial charge in [-0.1, -0.05) is 36.4 Å². The molecule has 1 aliphatic heterocycles. The van der Waals surface area contributed by atoms with Crippen molar-refractivity contribution in [3.63, 3.8) is 0 Å². The molecule has 0 saturated heterocycles. The molecule has 3 rings (SSSR count). The van der Waals surface area contributed by atoms with Gasteiger partial charge in [-0.25, -0.2) is 0 Å². The lowest BCUT2D eigenvalue weighted by atomic mass is 9.92. The highest BCUT2D eigenvalue weighted by Gasteiger charge is 2.19. The van der Waals surface area contributed by atoms with Gasteiger partial charge >= 0.3 is 5.97 Å². The fourth-order valence-corrected chi connectivity index (χ4v) is 2.90. The molecule has 1 N–H and O–H groups in total. The molecule has 0 saturated carbocycles. The molecular formula is C20H21NO3. The number of likely N-dealkylation sites (N-methyl/N-ethyl adjacent to an activating group) is 1. The smallest absolute Gasteiger partial charge is 0.307 e. The van der Waals surface area contributed by atoms with Crippen molar-refractivity contribution >= 4 is 11.5 Å². The van der Waals surface area contributed by atoms with Gasteiger partial charge in [0.2, 0.25) is 0 Å². The zero-order valence-corrected chi connectivity index (χ0v) is 14.0. The summed E-state index contributed by atoms with van der Waals surface area (Å²) in [5, 5.41) is 9.07. The predicted octanol–water partition coefficient (Wildman–Crippen LogP) is 3.20. The van der Waals surface area contributed by atoms with Gasteiger partial charge in [0.05, 0.1) is 6.42 Å². The van der Waals surface area contributed by atoms with Gasteiger partial charge in [-0.2, -0.15) is 0 Å². The van der Waals surface area contributed by atoms with E-state index < -0.39 is 5.97 Å². The van der Waals surface area contributed by atoms with Gasteiger partial charge < -0.3 is 14.7 Å². The molecule has 0 atom stereocenters. The van der Waals surface area contributed by atoms with Crippen LogP contribution in [-0.4, -0.2) is 36.6 Å². The minimum absolute atomic E-state index is 0.00981. The average molecular weight is 323 g/mol. The largest absolute Gasteiger partial charge is 0.488 e. The van der Waals surface area contributed by atoms with E-state index in [0.29, 0.717) is 6.61 Å². The lowest BCUT2D eigenvalue weighted by molar-refractivity contribution is -0.136. The van der Waals surface area contributed by atoms with E-state index in [1.54, 1.807) is 0 Å². The van der Waals surface area contributed by atoms with Crippen LogP contribution in [0.1, 0.15) is 22.3 Å². The molecule has 2 aromatic rings. The number of aliphatic carboxylic acids is 1. The van der Waals surface area contributed by atoms with Crippen LogP contribution >= 0.6 is 0 Å². The number of carbonyl (C=O) groups is 1. The minimum atomic E-state index is -0.830. The molecule has 0 fully saturated rings. The summed E-state index contributed by atoms with van der Waals surface area (Å²) in [7, 11) is 4.05.